The maximum atomic E-state index is 13.2. The van der Waals surface area contributed by atoms with Crippen LogP contribution in [0.4, 0.5) is 23.7 Å². The molecular formula is C13H19F3N4O2. The van der Waals surface area contributed by atoms with Crippen molar-refractivity contribution in [1.29, 1.82) is 0 Å². The second kappa shape index (κ2) is 5.36. The molecule has 22 heavy (non-hydrogen) atoms. The van der Waals surface area contributed by atoms with Gasteiger partial charge in [-0.1, -0.05) is 0 Å². The average Bonchev–Trinajstić information content (AvgIpc) is 2.64. The summed E-state index contributed by atoms with van der Waals surface area (Å²) in [5.41, 5.74) is -0.361. The zero-order valence-corrected chi connectivity index (χ0v) is 12.8. The third kappa shape index (κ3) is 3.63. The summed E-state index contributed by atoms with van der Waals surface area (Å²) in [5.74, 6) is 0. The van der Waals surface area contributed by atoms with E-state index in [-0.39, 0.29) is 6.54 Å². The highest BCUT2D eigenvalue weighted by atomic mass is 19.4. The first-order chi connectivity index (χ1) is 9.97. The van der Waals surface area contributed by atoms with Gasteiger partial charge in [0.05, 0.1) is 17.9 Å². The van der Waals surface area contributed by atoms with Crippen molar-refractivity contribution in [3.05, 3.63) is 12.4 Å². The molecule has 0 saturated carbocycles. The lowest BCUT2D eigenvalue weighted by Gasteiger charge is -2.48. The van der Waals surface area contributed by atoms with E-state index >= 15 is 0 Å². The van der Waals surface area contributed by atoms with Gasteiger partial charge in [-0.2, -0.15) is 18.3 Å². The number of aryl methyl sites for hydroxylation is 1. The number of likely N-dealkylation sites (tertiary alicyclic amines) is 1. The van der Waals surface area contributed by atoms with Crippen molar-refractivity contribution in [2.45, 2.75) is 44.6 Å². The summed E-state index contributed by atoms with van der Waals surface area (Å²) in [4.78, 5) is 12.6. The number of amides is 1. The van der Waals surface area contributed by atoms with E-state index in [1.54, 1.807) is 34.0 Å². The number of carbonyl (C=O) groups is 1. The molecule has 0 radical (unpaired) electrons. The fourth-order valence-electron chi connectivity index (χ4n) is 2.25. The molecule has 1 aromatic heterocycles. The Bertz CT molecular complexity index is 550. The maximum absolute atomic E-state index is 13.2. The van der Waals surface area contributed by atoms with Gasteiger partial charge in [-0.15, -0.1) is 0 Å². The monoisotopic (exact) mass is 320 g/mol. The Kier molecular flexibility index (Phi) is 4.01. The number of nitrogens with zero attached hydrogens (tertiary/aromatic N) is 3. The van der Waals surface area contributed by atoms with E-state index in [1.165, 1.54) is 10.9 Å². The van der Waals surface area contributed by atoms with Gasteiger partial charge in [0.2, 0.25) is 0 Å². The minimum absolute atomic E-state index is 0.0754. The molecule has 1 N–H and O–H groups in total. The number of ether oxygens (including phenoxy) is 1. The van der Waals surface area contributed by atoms with E-state index in [9.17, 15) is 18.0 Å². The van der Waals surface area contributed by atoms with Crippen molar-refractivity contribution >= 4 is 11.8 Å². The van der Waals surface area contributed by atoms with E-state index < -0.39 is 30.0 Å². The normalized spacial score (nSPS) is 22.2. The number of rotatable bonds is 2. The number of hydrogen-bond donors (Lipinski definition) is 1. The molecule has 124 valence electrons. The van der Waals surface area contributed by atoms with Crippen LogP contribution in [0.1, 0.15) is 20.8 Å². The van der Waals surface area contributed by atoms with Crippen LogP contribution in [0.15, 0.2) is 12.4 Å². The lowest BCUT2D eigenvalue weighted by molar-refractivity contribution is -0.208. The summed E-state index contributed by atoms with van der Waals surface area (Å²) >= 11 is 0. The quantitative estimate of drug-likeness (QED) is 0.909. The molecule has 1 fully saturated rings. The van der Waals surface area contributed by atoms with Crippen LogP contribution in [0.5, 0.6) is 0 Å². The molecule has 2 atom stereocenters. The number of alkyl halides is 3. The van der Waals surface area contributed by atoms with Gasteiger partial charge in [0, 0.05) is 19.8 Å². The zero-order chi connectivity index (χ0) is 16.7. The fourth-order valence-corrected chi connectivity index (χ4v) is 2.25. The van der Waals surface area contributed by atoms with Gasteiger partial charge in [-0.05, 0) is 20.8 Å². The highest BCUT2D eigenvalue weighted by molar-refractivity contribution is 5.70. The molecule has 2 unspecified atom stereocenters. The smallest absolute Gasteiger partial charge is 0.411 e. The Morgan fingerprint density at radius 3 is 2.50 bits per heavy atom. The first-order valence-electron chi connectivity index (χ1n) is 6.79. The van der Waals surface area contributed by atoms with E-state index in [0.29, 0.717) is 10.6 Å². The number of anilines is 1. The van der Waals surface area contributed by atoms with E-state index in [0.717, 1.165) is 0 Å². The van der Waals surface area contributed by atoms with Gasteiger partial charge in [0.25, 0.3) is 0 Å². The van der Waals surface area contributed by atoms with Gasteiger partial charge in [0.15, 0.2) is 6.04 Å². The summed E-state index contributed by atoms with van der Waals surface area (Å²) in [7, 11) is 1.67. The molecule has 1 amide bonds. The molecule has 6 nitrogen and oxygen atoms in total. The minimum Gasteiger partial charge on any atom is -0.444 e. The summed E-state index contributed by atoms with van der Waals surface area (Å²) in [6.45, 7) is 4.75. The van der Waals surface area contributed by atoms with Crippen LogP contribution in [0.25, 0.3) is 0 Å². The van der Waals surface area contributed by atoms with Gasteiger partial charge < -0.3 is 10.1 Å². The molecule has 2 heterocycles. The SMILES string of the molecule is Cn1cc(NC2CN(C(=O)OC(C)(C)C)C2C(F)(F)F)cn1. The zero-order valence-electron chi connectivity index (χ0n) is 12.8. The second-order valence-electron chi connectivity index (χ2n) is 6.27. The van der Waals surface area contributed by atoms with Crippen LogP contribution in [-0.2, 0) is 11.8 Å². The molecule has 1 aliphatic rings. The van der Waals surface area contributed by atoms with Crippen molar-refractivity contribution in [1.82, 2.24) is 14.7 Å². The molecule has 2 rings (SSSR count). The molecule has 9 heteroatoms. The highest BCUT2D eigenvalue weighted by Crippen LogP contribution is 2.36. The van der Waals surface area contributed by atoms with E-state index in [2.05, 4.69) is 10.4 Å². The molecular weight excluding hydrogens is 301 g/mol. The molecule has 0 bridgehead atoms. The molecule has 1 saturated heterocycles. The topological polar surface area (TPSA) is 59.4 Å². The fraction of sp³-hybridized carbons (Fsp3) is 0.692. The molecule has 1 aromatic rings. The number of aromatic nitrogens is 2. The minimum atomic E-state index is -4.53. The summed E-state index contributed by atoms with van der Waals surface area (Å²) in [6, 6.07) is -2.83. The standard InChI is InChI=1S/C13H19F3N4O2/c1-12(2,3)22-11(21)20-7-9(10(20)13(14,15)16)18-8-5-17-19(4)6-8/h5-6,9-10,18H,7H2,1-4H3. The van der Waals surface area contributed by atoms with Crippen LogP contribution >= 0.6 is 0 Å². The van der Waals surface area contributed by atoms with Crippen molar-refractivity contribution in [2.24, 2.45) is 7.05 Å². The Morgan fingerprint density at radius 2 is 2.05 bits per heavy atom. The average molecular weight is 320 g/mol. The van der Waals surface area contributed by atoms with Crippen LogP contribution in [0.2, 0.25) is 0 Å². The predicted molar refractivity (Wildman–Crippen MR) is 73.4 cm³/mol. The largest absolute Gasteiger partial charge is 0.444 e. The molecule has 0 aliphatic carbocycles. The first-order valence-corrected chi connectivity index (χ1v) is 6.79. The Balaban J connectivity index is 2.07. The lowest BCUT2D eigenvalue weighted by Crippen LogP contribution is -2.70. The van der Waals surface area contributed by atoms with Gasteiger partial charge in [-0.3, -0.25) is 9.58 Å². The van der Waals surface area contributed by atoms with Crippen LogP contribution in [0.3, 0.4) is 0 Å². The Morgan fingerprint density at radius 1 is 1.41 bits per heavy atom. The molecule has 1 aliphatic heterocycles. The Labute approximate surface area is 126 Å². The van der Waals surface area contributed by atoms with Crippen molar-refractivity contribution < 1.29 is 22.7 Å². The number of halogens is 3. The van der Waals surface area contributed by atoms with Crippen molar-refractivity contribution in [3.63, 3.8) is 0 Å². The predicted octanol–water partition coefficient (Wildman–Crippen LogP) is 2.38. The summed E-state index contributed by atoms with van der Waals surface area (Å²) in [6.07, 6.45) is -2.48. The maximum Gasteiger partial charge on any atom is 0.411 e. The third-order valence-electron chi connectivity index (χ3n) is 3.13. The van der Waals surface area contributed by atoms with Crippen LogP contribution in [0, 0.1) is 0 Å². The van der Waals surface area contributed by atoms with Gasteiger partial charge in [-0.25, -0.2) is 4.79 Å². The van der Waals surface area contributed by atoms with E-state index in [4.69, 9.17) is 4.74 Å². The molecule has 0 aromatic carbocycles. The number of nitrogens with one attached hydrogen (secondary N) is 1. The van der Waals surface area contributed by atoms with Crippen molar-refractivity contribution in [3.8, 4) is 0 Å². The highest BCUT2D eigenvalue weighted by Gasteiger charge is 2.58. The van der Waals surface area contributed by atoms with E-state index in [1.807, 2.05) is 0 Å². The van der Waals surface area contributed by atoms with Crippen LogP contribution in [-0.4, -0.2) is 51.2 Å². The summed E-state index contributed by atoms with van der Waals surface area (Å²) in [5, 5.41) is 6.64. The lowest BCUT2D eigenvalue weighted by atomic mass is 9.96. The second-order valence-corrected chi connectivity index (χ2v) is 6.27. The van der Waals surface area contributed by atoms with Crippen LogP contribution < -0.4 is 5.32 Å². The number of hydrogen-bond acceptors (Lipinski definition) is 4. The Hall–Kier alpha value is -1.93. The summed E-state index contributed by atoms with van der Waals surface area (Å²) < 4.78 is 46.1. The van der Waals surface area contributed by atoms with Crippen molar-refractivity contribution in [2.75, 3.05) is 11.9 Å². The number of carbonyl (C=O) groups excluding carboxylic acids is 1. The first kappa shape index (κ1) is 16.4. The van der Waals surface area contributed by atoms with Gasteiger partial charge in [0.1, 0.15) is 5.60 Å². The van der Waals surface area contributed by atoms with Gasteiger partial charge >= 0.3 is 12.3 Å². The molecule has 0 spiro atoms. The third-order valence-corrected chi connectivity index (χ3v) is 3.13.